The van der Waals surface area contributed by atoms with Gasteiger partial charge in [0.05, 0.1) is 6.26 Å². The molecule has 0 saturated heterocycles. The number of aromatic nitrogens is 2. The van der Waals surface area contributed by atoms with Gasteiger partial charge in [-0.3, -0.25) is 4.40 Å². The molecular formula is C18H11Cl2N3O2. The van der Waals surface area contributed by atoms with E-state index in [4.69, 9.17) is 27.6 Å². The van der Waals surface area contributed by atoms with E-state index in [-0.39, 0.29) is 5.75 Å². The van der Waals surface area contributed by atoms with Crippen molar-refractivity contribution in [2.45, 2.75) is 0 Å². The Morgan fingerprint density at radius 2 is 1.96 bits per heavy atom. The van der Waals surface area contributed by atoms with Gasteiger partial charge in [-0.15, -0.1) is 0 Å². The zero-order valence-corrected chi connectivity index (χ0v) is 14.2. The zero-order chi connectivity index (χ0) is 17.4. The summed E-state index contributed by atoms with van der Waals surface area (Å²) < 4.78 is 7.26. The third-order valence-corrected chi connectivity index (χ3v) is 4.10. The molecule has 0 radical (unpaired) electrons. The summed E-state index contributed by atoms with van der Waals surface area (Å²) >= 11 is 12.0. The molecule has 1 aromatic carbocycles. The fraction of sp³-hybridized carbons (Fsp3) is 0. The lowest BCUT2D eigenvalue weighted by Gasteiger charge is -2.01. The molecule has 25 heavy (non-hydrogen) atoms. The molecule has 1 N–H and O–H groups in total. The van der Waals surface area contributed by atoms with Crippen molar-refractivity contribution in [3.8, 4) is 17.2 Å². The van der Waals surface area contributed by atoms with E-state index in [9.17, 15) is 5.11 Å². The van der Waals surface area contributed by atoms with Crippen LogP contribution in [0.4, 0.5) is 5.82 Å². The molecule has 4 aromatic rings. The maximum atomic E-state index is 9.96. The van der Waals surface area contributed by atoms with Crippen molar-refractivity contribution in [3.63, 3.8) is 0 Å². The lowest BCUT2D eigenvalue weighted by Crippen LogP contribution is -1.86. The molecular weight excluding hydrogens is 361 g/mol. The van der Waals surface area contributed by atoms with Gasteiger partial charge in [-0.1, -0.05) is 23.2 Å². The maximum Gasteiger partial charge on any atom is 0.168 e. The summed E-state index contributed by atoms with van der Waals surface area (Å²) in [6.45, 7) is 0. The number of hydrogen-bond donors (Lipinski definition) is 1. The van der Waals surface area contributed by atoms with Gasteiger partial charge in [0, 0.05) is 34.1 Å². The highest BCUT2D eigenvalue weighted by Crippen LogP contribution is 2.32. The Bertz CT molecular complexity index is 1090. The first-order valence-electron chi connectivity index (χ1n) is 7.36. The average molecular weight is 372 g/mol. The van der Waals surface area contributed by atoms with E-state index in [0.29, 0.717) is 38.5 Å². The van der Waals surface area contributed by atoms with Gasteiger partial charge in [0.2, 0.25) is 0 Å². The summed E-state index contributed by atoms with van der Waals surface area (Å²) in [5.74, 6) is 1.23. The van der Waals surface area contributed by atoms with E-state index < -0.39 is 0 Å². The number of nitrogens with zero attached hydrogens (tertiary/aromatic N) is 3. The van der Waals surface area contributed by atoms with E-state index in [1.807, 2.05) is 0 Å². The molecule has 0 spiro atoms. The van der Waals surface area contributed by atoms with Gasteiger partial charge in [-0.2, -0.15) is 0 Å². The summed E-state index contributed by atoms with van der Waals surface area (Å²) in [4.78, 5) is 9.06. The molecule has 0 aliphatic heterocycles. The highest BCUT2D eigenvalue weighted by molar-refractivity contribution is 6.31. The number of phenols is 1. The second kappa shape index (κ2) is 6.27. The smallest absolute Gasteiger partial charge is 0.168 e. The number of phenolic OH excluding ortho intramolecular Hbond substituents is 1. The number of benzene rings is 1. The molecule has 0 aliphatic rings. The quantitative estimate of drug-likeness (QED) is 0.493. The van der Waals surface area contributed by atoms with Crippen LogP contribution in [0.5, 0.6) is 5.75 Å². The zero-order valence-electron chi connectivity index (χ0n) is 12.7. The second-order valence-electron chi connectivity index (χ2n) is 5.30. The van der Waals surface area contributed by atoms with Gasteiger partial charge in [0.25, 0.3) is 0 Å². The SMILES string of the molecule is Oc1ccc(Cl)cc1C=Nc1c(-c2ccco2)nc2cc(Cl)ccn12. The van der Waals surface area contributed by atoms with Gasteiger partial charge < -0.3 is 9.52 Å². The van der Waals surface area contributed by atoms with E-state index in [2.05, 4.69) is 9.98 Å². The number of hydrogen-bond acceptors (Lipinski definition) is 4. The van der Waals surface area contributed by atoms with Crippen molar-refractivity contribution in [1.29, 1.82) is 0 Å². The molecule has 0 atom stereocenters. The van der Waals surface area contributed by atoms with Gasteiger partial charge in [-0.25, -0.2) is 9.98 Å². The summed E-state index contributed by atoms with van der Waals surface area (Å²) in [7, 11) is 0. The van der Waals surface area contributed by atoms with E-state index >= 15 is 0 Å². The van der Waals surface area contributed by atoms with Crippen molar-refractivity contribution >= 4 is 40.9 Å². The molecule has 0 bridgehead atoms. The fourth-order valence-electron chi connectivity index (χ4n) is 2.47. The van der Waals surface area contributed by atoms with Crippen molar-refractivity contribution < 1.29 is 9.52 Å². The van der Waals surface area contributed by atoms with Gasteiger partial charge in [-0.05, 0) is 36.4 Å². The van der Waals surface area contributed by atoms with Crippen molar-refractivity contribution in [2.75, 3.05) is 0 Å². The number of furan rings is 1. The summed E-state index contributed by atoms with van der Waals surface area (Å²) in [6, 6.07) is 11.8. The Hall–Kier alpha value is -2.76. The third kappa shape index (κ3) is 2.99. The minimum atomic E-state index is 0.0876. The molecule has 0 amide bonds. The Morgan fingerprint density at radius 1 is 1.12 bits per heavy atom. The van der Waals surface area contributed by atoms with Crippen LogP contribution in [0.25, 0.3) is 17.1 Å². The standard InChI is InChI=1S/C18H11Cl2N3O2/c19-12-3-4-14(24)11(8-12)10-21-18-17(15-2-1-7-25-15)22-16-9-13(20)5-6-23(16)18/h1-10,24H. The largest absolute Gasteiger partial charge is 0.507 e. The highest BCUT2D eigenvalue weighted by Gasteiger charge is 2.15. The first-order chi connectivity index (χ1) is 12.1. The predicted octanol–water partition coefficient (Wildman–Crippen LogP) is 5.36. The molecule has 4 rings (SSSR count). The van der Waals surface area contributed by atoms with Crippen LogP contribution in [0.2, 0.25) is 10.0 Å². The Labute approximate surface area is 152 Å². The van der Waals surface area contributed by atoms with Crippen LogP contribution < -0.4 is 0 Å². The lowest BCUT2D eigenvalue weighted by atomic mass is 10.2. The molecule has 124 valence electrons. The minimum Gasteiger partial charge on any atom is -0.507 e. The topological polar surface area (TPSA) is 63.0 Å². The number of imidazole rings is 1. The second-order valence-corrected chi connectivity index (χ2v) is 6.17. The maximum absolute atomic E-state index is 9.96. The Kier molecular flexibility index (Phi) is 3.95. The monoisotopic (exact) mass is 371 g/mol. The van der Waals surface area contributed by atoms with E-state index in [0.717, 1.165) is 0 Å². The van der Waals surface area contributed by atoms with Crippen LogP contribution >= 0.6 is 23.2 Å². The molecule has 3 heterocycles. The first kappa shape index (κ1) is 15.7. The highest BCUT2D eigenvalue weighted by atomic mass is 35.5. The summed E-state index contributed by atoms with van der Waals surface area (Å²) in [6.07, 6.45) is 4.88. The fourth-order valence-corrected chi connectivity index (χ4v) is 2.80. The Morgan fingerprint density at radius 3 is 2.76 bits per heavy atom. The van der Waals surface area contributed by atoms with Gasteiger partial charge in [0.15, 0.2) is 17.3 Å². The first-order valence-corrected chi connectivity index (χ1v) is 8.11. The predicted molar refractivity (Wildman–Crippen MR) is 98.3 cm³/mol. The molecule has 7 heteroatoms. The normalized spacial score (nSPS) is 11.6. The van der Waals surface area contributed by atoms with Crippen LogP contribution in [-0.2, 0) is 0 Å². The molecule has 5 nitrogen and oxygen atoms in total. The molecule has 3 aromatic heterocycles. The molecule has 0 aliphatic carbocycles. The van der Waals surface area contributed by atoms with Crippen LogP contribution in [0.3, 0.4) is 0 Å². The molecule has 0 saturated carbocycles. The van der Waals surface area contributed by atoms with E-state index in [1.54, 1.807) is 53.3 Å². The molecule has 0 fully saturated rings. The Balaban J connectivity index is 1.89. The number of rotatable bonds is 3. The van der Waals surface area contributed by atoms with Crippen molar-refractivity contribution in [2.24, 2.45) is 4.99 Å². The number of pyridine rings is 1. The number of halogens is 2. The summed E-state index contributed by atoms with van der Waals surface area (Å²) in [5, 5.41) is 11.0. The van der Waals surface area contributed by atoms with Crippen LogP contribution in [-0.4, -0.2) is 20.7 Å². The van der Waals surface area contributed by atoms with Crippen molar-refractivity contribution in [3.05, 3.63) is 70.5 Å². The molecule has 0 unspecified atom stereocenters. The van der Waals surface area contributed by atoms with E-state index in [1.165, 1.54) is 12.3 Å². The third-order valence-electron chi connectivity index (χ3n) is 3.63. The van der Waals surface area contributed by atoms with Gasteiger partial charge in [0.1, 0.15) is 11.4 Å². The average Bonchev–Trinajstić information content (AvgIpc) is 3.22. The number of fused-ring (bicyclic) bond motifs is 1. The van der Waals surface area contributed by atoms with Crippen LogP contribution in [0.15, 0.2) is 64.3 Å². The lowest BCUT2D eigenvalue weighted by molar-refractivity contribution is 0.474. The van der Waals surface area contributed by atoms with Crippen molar-refractivity contribution in [1.82, 2.24) is 9.38 Å². The van der Waals surface area contributed by atoms with Crippen LogP contribution in [0.1, 0.15) is 5.56 Å². The summed E-state index contributed by atoms with van der Waals surface area (Å²) in [5.41, 5.74) is 1.72. The van der Waals surface area contributed by atoms with Gasteiger partial charge >= 0.3 is 0 Å². The number of aliphatic imine (C=N–C) groups is 1. The number of aromatic hydroxyl groups is 1. The minimum absolute atomic E-state index is 0.0876. The van der Waals surface area contributed by atoms with Crippen LogP contribution in [0, 0.1) is 0 Å².